The second-order valence-electron chi connectivity index (χ2n) is 5.83. The summed E-state index contributed by atoms with van der Waals surface area (Å²) in [6.07, 6.45) is 8.51. The van der Waals surface area contributed by atoms with Gasteiger partial charge in [-0.1, -0.05) is 58.6 Å². The van der Waals surface area contributed by atoms with E-state index in [1.807, 2.05) is 25.1 Å². The van der Waals surface area contributed by atoms with Crippen LogP contribution in [0.3, 0.4) is 0 Å². The predicted octanol–water partition coefficient (Wildman–Crippen LogP) is 5.64. The molecule has 0 bridgehead atoms. The van der Waals surface area contributed by atoms with Gasteiger partial charge in [0, 0.05) is 11.6 Å². The smallest absolute Gasteiger partial charge is 0.335 e. The summed E-state index contributed by atoms with van der Waals surface area (Å²) in [6.45, 7) is 10.4. The Morgan fingerprint density at radius 3 is 2.52 bits per heavy atom. The highest BCUT2D eigenvalue weighted by molar-refractivity contribution is 5.83. The fourth-order valence-corrected chi connectivity index (χ4v) is 2.73. The second kappa shape index (κ2) is 10.9. The van der Waals surface area contributed by atoms with Crippen molar-refractivity contribution in [2.24, 2.45) is 0 Å². The Kier molecular flexibility index (Phi) is 9.11. The van der Waals surface area contributed by atoms with Crippen LogP contribution in [0.15, 0.2) is 30.9 Å². The zero-order valence-electron chi connectivity index (χ0n) is 14.8. The maximum atomic E-state index is 11.6. The predicted molar refractivity (Wildman–Crippen MR) is 95.2 cm³/mol. The lowest BCUT2D eigenvalue weighted by molar-refractivity contribution is -0.129. The van der Waals surface area contributed by atoms with Crippen molar-refractivity contribution >= 4 is 5.97 Å². The van der Waals surface area contributed by atoms with E-state index in [0.29, 0.717) is 12.4 Å². The summed E-state index contributed by atoms with van der Waals surface area (Å²) in [7, 11) is 0. The molecular weight excluding hydrogens is 288 g/mol. The highest BCUT2D eigenvalue weighted by Crippen LogP contribution is 2.38. The molecule has 3 nitrogen and oxygen atoms in total. The number of ether oxygens (including phenoxy) is 2. The first-order chi connectivity index (χ1) is 11.1. The molecule has 0 N–H and O–H groups in total. The molecule has 1 aromatic rings. The van der Waals surface area contributed by atoms with Crippen molar-refractivity contribution in [3.05, 3.63) is 36.4 Å². The van der Waals surface area contributed by atoms with Crippen LogP contribution in [0.5, 0.6) is 11.5 Å². The average molecular weight is 318 g/mol. The third-order valence-corrected chi connectivity index (χ3v) is 3.94. The Balaban J connectivity index is 2.85. The van der Waals surface area contributed by atoms with E-state index in [2.05, 4.69) is 20.4 Å². The van der Waals surface area contributed by atoms with Crippen molar-refractivity contribution in [3.63, 3.8) is 0 Å². The molecule has 1 atom stereocenters. The summed E-state index contributed by atoms with van der Waals surface area (Å²) >= 11 is 0. The molecule has 0 heterocycles. The number of unbranched alkanes of at least 4 members (excludes halogenated alkanes) is 4. The van der Waals surface area contributed by atoms with Gasteiger partial charge >= 0.3 is 5.97 Å². The van der Waals surface area contributed by atoms with Crippen LogP contribution in [0, 0.1) is 0 Å². The quantitative estimate of drug-likeness (QED) is 0.229. The number of carbonyl (C=O) groups excluding carboxylic acids is 1. The molecule has 0 saturated heterocycles. The summed E-state index contributed by atoms with van der Waals surface area (Å²) in [4.78, 5) is 11.6. The first-order valence-corrected chi connectivity index (χ1v) is 8.73. The molecule has 128 valence electrons. The van der Waals surface area contributed by atoms with E-state index in [9.17, 15) is 4.79 Å². The molecule has 0 aliphatic carbocycles. The lowest BCUT2D eigenvalue weighted by Gasteiger charge is -2.19. The standard InChI is InChI=1S/C20H30O3/c1-5-8-9-10-11-13-16(4)20-17(22-7-3)14-12-15-18(20)23-19(21)6-2/h6,12,14-16H,2,5,7-11,13H2,1,3-4H3. The Hall–Kier alpha value is -1.77. The highest BCUT2D eigenvalue weighted by Gasteiger charge is 2.18. The summed E-state index contributed by atoms with van der Waals surface area (Å²) in [5, 5.41) is 0. The van der Waals surface area contributed by atoms with Crippen LogP contribution in [0.4, 0.5) is 0 Å². The third-order valence-electron chi connectivity index (χ3n) is 3.94. The van der Waals surface area contributed by atoms with E-state index >= 15 is 0 Å². The minimum atomic E-state index is -0.435. The molecule has 1 aromatic carbocycles. The molecule has 0 radical (unpaired) electrons. The lowest BCUT2D eigenvalue weighted by Crippen LogP contribution is -2.09. The molecule has 0 aliphatic heterocycles. The summed E-state index contributed by atoms with van der Waals surface area (Å²) in [5.74, 6) is 1.24. The summed E-state index contributed by atoms with van der Waals surface area (Å²) in [5.41, 5.74) is 0.986. The van der Waals surface area contributed by atoms with E-state index in [0.717, 1.165) is 17.7 Å². The molecular formula is C20H30O3. The highest BCUT2D eigenvalue weighted by atomic mass is 16.5. The zero-order valence-corrected chi connectivity index (χ0v) is 14.8. The molecule has 1 rings (SSSR count). The van der Waals surface area contributed by atoms with Crippen molar-refractivity contribution in [1.29, 1.82) is 0 Å². The van der Waals surface area contributed by atoms with Gasteiger partial charge in [0.15, 0.2) is 0 Å². The van der Waals surface area contributed by atoms with Crippen molar-refractivity contribution in [3.8, 4) is 11.5 Å². The Morgan fingerprint density at radius 2 is 1.87 bits per heavy atom. The fraction of sp³-hybridized carbons (Fsp3) is 0.550. The summed E-state index contributed by atoms with van der Waals surface area (Å²) < 4.78 is 11.2. The number of carbonyl (C=O) groups is 1. The van der Waals surface area contributed by atoms with Gasteiger partial charge in [-0.25, -0.2) is 4.79 Å². The van der Waals surface area contributed by atoms with Crippen LogP contribution < -0.4 is 9.47 Å². The van der Waals surface area contributed by atoms with Crippen LogP contribution in [-0.2, 0) is 4.79 Å². The van der Waals surface area contributed by atoms with Gasteiger partial charge in [0.2, 0.25) is 0 Å². The minimum absolute atomic E-state index is 0.284. The number of rotatable bonds is 11. The lowest BCUT2D eigenvalue weighted by atomic mass is 9.93. The molecule has 0 fully saturated rings. The Morgan fingerprint density at radius 1 is 1.17 bits per heavy atom. The maximum Gasteiger partial charge on any atom is 0.335 e. The number of esters is 1. The Bertz CT molecular complexity index is 494. The van der Waals surface area contributed by atoms with Crippen LogP contribution in [0.2, 0.25) is 0 Å². The van der Waals surface area contributed by atoms with Gasteiger partial charge in [-0.15, -0.1) is 0 Å². The van der Waals surface area contributed by atoms with E-state index in [1.54, 1.807) is 0 Å². The number of hydrogen-bond acceptors (Lipinski definition) is 3. The van der Waals surface area contributed by atoms with Crippen LogP contribution in [0.25, 0.3) is 0 Å². The van der Waals surface area contributed by atoms with E-state index in [1.165, 1.54) is 38.2 Å². The molecule has 0 amide bonds. The minimum Gasteiger partial charge on any atom is -0.493 e. The van der Waals surface area contributed by atoms with Crippen molar-refractivity contribution in [2.45, 2.75) is 65.2 Å². The van der Waals surface area contributed by atoms with Gasteiger partial charge in [0.25, 0.3) is 0 Å². The van der Waals surface area contributed by atoms with Crippen LogP contribution in [0.1, 0.15) is 70.8 Å². The average Bonchev–Trinajstić information content (AvgIpc) is 2.55. The Labute approximate surface area is 140 Å². The van der Waals surface area contributed by atoms with E-state index in [-0.39, 0.29) is 5.92 Å². The van der Waals surface area contributed by atoms with Crippen LogP contribution in [-0.4, -0.2) is 12.6 Å². The first kappa shape index (κ1) is 19.3. The zero-order chi connectivity index (χ0) is 17.1. The number of benzene rings is 1. The second-order valence-corrected chi connectivity index (χ2v) is 5.83. The maximum absolute atomic E-state index is 11.6. The normalized spacial score (nSPS) is 11.8. The van der Waals surface area contributed by atoms with Gasteiger partial charge < -0.3 is 9.47 Å². The molecule has 0 saturated carbocycles. The van der Waals surface area contributed by atoms with E-state index in [4.69, 9.17) is 9.47 Å². The third kappa shape index (κ3) is 6.47. The topological polar surface area (TPSA) is 35.5 Å². The fourth-order valence-electron chi connectivity index (χ4n) is 2.73. The summed E-state index contributed by atoms with van der Waals surface area (Å²) in [6, 6.07) is 5.62. The van der Waals surface area contributed by atoms with E-state index < -0.39 is 5.97 Å². The number of hydrogen-bond donors (Lipinski definition) is 0. The van der Waals surface area contributed by atoms with Gasteiger partial charge in [-0.05, 0) is 31.4 Å². The SMILES string of the molecule is C=CC(=O)Oc1cccc(OCC)c1C(C)CCCCCCC. The van der Waals surface area contributed by atoms with Gasteiger partial charge in [-0.3, -0.25) is 0 Å². The molecule has 1 unspecified atom stereocenters. The van der Waals surface area contributed by atoms with Crippen molar-refractivity contribution in [1.82, 2.24) is 0 Å². The molecule has 23 heavy (non-hydrogen) atoms. The van der Waals surface area contributed by atoms with Crippen molar-refractivity contribution in [2.75, 3.05) is 6.61 Å². The monoisotopic (exact) mass is 318 g/mol. The molecule has 0 spiro atoms. The van der Waals surface area contributed by atoms with Gasteiger partial charge in [0.1, 0.15) is 11.5 Å². The van der Waals surface area contributed by atoms with Gasteiger partial charge in [0.05, 0.1) is 6.61 Å². The molecule has 0 aromatic heterocycles. The molecule has 3 heteroatoms. The first-order valence-electron chi connectivity index (χ1n) is 8.73. The van der Waals surface area contributed by atoms with Crippen LogP contribution >= 0.6 is 0 Å². The van der Waals surface area contributed by atoms with Crippen molar-refractivity contribution < 1.29 is 14.3 Å². The van der Waals surface area contributed by atoms with Gasteiger partial charge in [-0.2, -0.15) is 0 Å². The molecule has 0 aliphatic rings. The largest absolute Gasteiger partial charge is 0.493 e.